The minimum atomic E-state index is -3.84. The Bertz CT molecular complexity index is 788. The van der Waals surface area contributed by atoms with E-state index >= 15 is 0 Å². The number of carbonyl (C=O) groups is 1. The van der Waals surface area contributed by atoms with Gasteiger partial charge in [0.2, 0.25) is 0 Å². The molecular weight excluding hydrogens is 385 g/mol. The Balaban J connectivity index is 2.25. The van der Waals surface area contributed by atoms with E-state index in [-0.39, 0.29) is 20.8 Å². The summed E-state index contributed by atoms with van der Waals surface area (Å²) in [5.74, 6) is -1.53. The summed E-state index contributed by atoms with van der Waals surface area (Å²) in [5.41, 5.74) is 0.199. The zero-order valence-electron chi connectivity index (χ0n) is 10.3. The summed E-state index contributed by atoms with van der Waals surface area (Å²) in [6, 6.07) is 6.35. The predicted octanol–water partition coefficient (Wildman–Crippen LogP) is 3.08. The molecule has 0 aliphatic heterocycles. The van der Waals surface area contributed by atoms with Crippen LogP contribution in [0.1, 0.15) is 4.88 Å². The van der Waals surface area contributed by atoms with Gasteiger partial charge in [-0.2, -0.15) is 0 Å². The van der Waals surface area contributed by atoms with Crippen LogP contribution in [0.5, 0.6) is 0 Å². The van der Waals surface area contributed by atoms with Crippen molar-refractivity contribution < 1.29 is 22.7 Å². The maximum absolute atomic E-state index is 13.0. The van der Waals surface area contributed by atoms with E-state index in [1.807, 2.05) is 0 Å². The molecule has 9 heteroatoms. The molecule has 0 bridgehead atoms. The third-order valence-electron chi connectivity index (χ3n) is 2.40. The highest BCUT2D eigenvalue weighted by Crippen LogP contribution is 2.28. The topological polar surface area (TPSA) is 83.5 Å². The van der Waals surface area contributed by atoms with Crippen LogP contribution in [-0.2, 0) is 21.2 Å². The average Bonchev–Trinajstić information content (AvgIpc) is 2.81. The minimum Gasteiger partial charge on any atom is -0.481 e. The van der Waals surface area contributed by atoms with Crippen molar-refractivity contribution in [1.29, 1.82) is 0 Å². The molecule has 0 spiro atoms. The van der Waals surface area contributed by atoms with Crippen LogP contribution in [-0.4, -0.2) is 19.5 Å². The molecule has 0 unspecified atom stereocenters. The van der Waals surface area contributed by atoms with Crippen LogP contribution in [0.25, 0.3) is 0 Å². The van der Waals surface area contributed by atoms with Crippen LogP contribution in [0.2, 0.25) is 0 Å². The lowest BCUT2D eigenvalue weighted by molar-refractivity contribution is -0.136. The summed E-state index contributed by atoms with van der Waals surface area (Å²) in [5, 5.41) is 8.68. The van der Waals surface area contributed by atoms with E-state index in [1.54, 1.807) is 0 Å². The lowest BCUT2D eigenvalue weighted by Crippen LogP contribution is -2.11. The molecule has 1 heterocycles. The largest absolute Gasteiger partial charge is 0.481 e. The summed E-state index contributed by atoms with van der Waals surface area (Å²) >= 11 is 3.94. The Morgan fingerprint density at radius 3 is 2.67 bits per heavy atom. The quantitative estimate of drug-likeness (QED) is 0.817. The second-order valence-electron chi connectivity index (χ2n) is 4.02. The van der Waals surface area contributed by atoms with Crippen molar-refractivity contribution in [3.05, 3.63) is 45.5 Å². The van der Waals surface area contributed by atoms with Crippen LogP contribution in [0.3, 0.4) is 0 Å². The fourth-order valence-corrected chi connectivity index (χ4v) is 4.52. The van der Waals surface area contributed by atoms with Gasteiger partial charge in [-0.15, -0.1) is 11.3 Å². The summed E-state index contributed by atoms with van der Waals surface area (Å²) in [6.07, 6.45) is -0.236. The summed E-state index contributed by atoms with van der Waals surface area (Å²) in [4.78, 5) is 11.0. The number of halogens is 2. The van der Waals surface area contributed by atoms with Gasteiger partial charge in [0.1, 0.15) is 10.0 Å². The normalized spacial score (nSPS) is 11.3. The van der Waals surface area contributed by atoms with Gasteiger partial charge < -0.3 is 5.11 Å². The SMILES string of the molecule is O=C(O)Cc1ccc(S(=O)(=O)Nc2ccc(F)cc2Br)s1. The van der Waals surface area contributed by atoms with E-state index < -0.39 is 21.8 Å². The van der Waals surface area contributed by atoms with Crippen LogP contribution >= 0.6 is 27.3 Å². The fraction of sp³-hybridized carbons (Fsp3) is 0.0833. The van der Waals surface area contributed by atoms with Gasteiger partial charge in [0, 0.05) is 9.35 Å². The molecule has 0 saturated carbocycles. The van der Waals surface area contributed by atoms with Gasteiger partial charge in [0.05, 0.1) is 12.1 Å². The Hall–Kier alpha value is -1.45. The van der Waals surface area contributed by atoms with E-state index in [0.717, 1.165) is 23.5 Å². The number of carboxylic acid groups (broad SMARTS) is 1. The molecule has 1 aromatic carbocycles. The standard InChI is InChI=1S/C12H9BrFNO4S2/c13-9-5-7(14)1-3-10(9)15-21(18,19)12-4-2-8(20-12)6-11(16)17/h1-5,15H,6H2,(H,16,17). The fourth-order valence-electron chi connectivity index (χ4n) is 1.51. The lowest BCUT2D eigenvalue weighted by atomic mass is 10.3. The minimum absolute atomic E-state index is 0.00465. The maximum atomic E-state index is 13.0. The number of hydrogen-bond donors (Lipinski definition) is 2. The number of benzene rings is 1. The summed E-state index contributed by atoms with van der Waals surface area (Å²) < 4.78 is 39.9. The zero-order chi connectivity index (χ0) is 15.6. The Morgan fingerprint density at radius 2 is 2.05 bits per heavy atom. The number of thiophene rings is 1. The van der Waals surface area contributed by atoms with E-state index in [1.165, 1.54) is 18.2 Å². The number of hydrogen-bond acceptors (Lipinski definition) is 4. The number of rotatable bonds is 5. The van der Waals surface area contributed by atoms with Crippen molar-refractivity contribution in [3.8, 4) is 0 Å². The molecule has 112 valence electrons. The lowest BCUT2D eigenvalue weighted by Gasteiger charge is -2.08. The van der Waals surface area contributed by atoms with Gasteiger partial charge in [-0.05, 0) is 46.3 Å². The zero-order valence-corrected chi connectivity index (χ0v) is 13.6. The molecule has 0 saturated heterocycles. The number of nitrogens with one attached hydrogen (secondary N) is 1. The van der Waals surface area contributed by atoms with Crippen LogP contribution in [0, 0.1) is 5.82 Å². The van der Waals surface area contributed by atoms with Crippen molar-refractivity contribution in [2.75, 3.05) is 4.72 Å². The van der Waals surface area contributed by atoms with Gasteiger partial charge in [-0.3, -0.25) is 9.52 Å². The van der Waals surface area contributed by atoms with Gasteiger partial charge in [-0.25, -0.2) is 12.8 Å². The molecule has 0 aliphatic rings. The van der Waals surface area contributed by atoms with Crippen LogP contribution < -0.4 is 4.72 Å². The third-order valence-corrected chi connectivity index (χ3v) is 6.00. The van der Waals surface area contributed by atoms with Crippen molar-refractivity contribution >= 4 is 48.9 Å². The molecule has 0 radical (unpaired) electrons. The highest BCUT2D eigenvalue weighted by Gasteiger charge is 2.19. The van der Waals surface area contributed by atoms with Crippen molar-refractivity contribution in [2.24, 2.45) is 0 Å². The van der Waals surface area contributed by atoms with E-state index in [4.69, 9.17) is 5.11 Å². The van der Waals surface area contributed by atoms with E-state index in [0.29, 0.717) is 4.88 Å². The molecule has 21 heavy (non-hydrogen) atoms. The average molecular weight is 394 g/mol. The molecule has 2 N–H and O–H groups in total. The summed E-state index contributed by atoms with van der Waals surface area (Å²) in [6.45, 7) is 0. The van der Waals surface area contributed by atoms with E-state index in [9.17, 15) is 17.6 Å². The maximum Gasteiger partial charge on any atom is 0.308 e. The van der Waals surface area contributed by atoms with Crippen molar-refractivity contribution in [3.63, 3.8) is 0 Å². The number of carboxylic acids is 1. The van der Waals surface area contributed by atoms with E-state index in [2.05, 4.69) is 20.7 Å². The smallest absolute Gasteiger partial charge is 0.308 e. The second kappa shape index (κ2) is 6.12. The highest BCUT2D eigenvalue weighted by molar-refractivity contribution is 9.10. The monoisotopic (exact) mass is 393 g/mol. The Labute approximate surface area is 132 Å². The van der Waals surface area contributed by atoms with Gasteiger partial charge >= 0.3 is 5.97 Å². The first kappa shape index (κ1) is 15.9. The Kier molecular flexibility index (Phi) is 4.64. The molecule has 5 nitrogen and oxygen atoms in total. The van der Waals surface area contributed by atoms with Crippen molar-refractivity contribution in [1.82, 2.24) is 0 Å². The Morgan fingerprint density at radius 1 is 1.33 bits per heavy atom. The molecule has 2 aromatic rings. The first-order valence-electron chi connectivity index (χ1n) is 5.56. The first-order chi connectivity index (χ1) is 9.78. The molecule has 0 aliphatic carbocycles. The van der Waals surface area contributed by atoms with Gasteiger partial charge in [0.15, 0.2) is 0 Å². The third kappa shape index (κ3) is 4.02. The highest BCUT2D eigenvalue weighted by atomic mass is 79.9. The molecule has 2 rings (SSSR count). The molecule has 0 atom stereocenters. The van der Waals surface area contributed by atoms with Crippen LogP contribution in [0.4, 0.5) is 10.1 Å². The molecule has 0 amide bonds. The number of sulfonamides is 1. The molecule has 0 fully saturated rings. The molecular formula is C12H9BrFNO4S2. The molecule has 1 aromatic heterocycles. The van der Waals surface area contributed by atoms with Gasteiger partial charge in [0.25, 0.3) is 10.0 Å². The summed E-state index contributed by atoms with van der Waals surface area (Å²) in [7, 11) is -3.84. The second-order valence-corrected chi connectivity index (χ2v) is 7.95. The van der Waals surface area contributed by atoms with Crippen molar-refractivity contribution in [2.45, 2.75) is 10.6 Å². The van der Waals surface area contributed by atoms with Gasteiger partial charge in [-0.1, -0.05) is 0 Å². The first-order valence-corrected chi connectivity index (χ1v) is 8.65. The predicted molar refractivity (Wildman–Crippen MR) is 80.6 cm³/mol. The van der Waals surface area contributed by atoms with Crippen LogP contribution in [0.15, 0.2) is 39.0 Å². The number of anilines is 1. The number of aliphatic carboxylic acids is 1.